The van der Waals surface area contributed by atoms with Gasteiger partial charge in [-0.05, 0) is 73.3 Å². The smallest absolute Gasteiger partial charge is 0.0235 e. The first-order valence-corrected chi connectivity index (χ1v) is 7.95. The number of hydrogen-bond acceptors (Lipinski definition) is 0. The van der Waals surface area contributed by atoms with Crippen LogP contribution in [0.2, 0.25) is 0 Å². The van der Waals surface area contributed by atoms with Crippen LogP contribution in [-0.2, 0) is 32.1 Å². The maximum atomic E-state index is 2.41. The summed E-state index contributed by atoms with van der Waals surface area (Å²) in [5.41, 5.74) is 9.20. The van der Waals surface area contributed by atoms with Gasteiger partial charge in [0, 0.05) is 0 Å². The molecule has 0 spiro atoms. The summed E-state index contributed by atoms with van der Waals surface area (Å²) in [5, 5.41) is 0. The van der Waals surface area contributed by atoms with Gasteiger partial charge in [0.1, 0.15) is 0 Å². The minimum Gasteiger partial charge on any atom is -0.0613 e. The van der Waals surface area contributed by atoms with Gasteiger partial charge in [0.05, 0.1) is 0 Å². The molecule has 2 aromatic carbocycles. The molecule has 0 saturated heterocycles. The number of fused-ring (bicyclic) bond motifs is 1. The molecular formula is C20H24. The fraction of sp³-hybridized carbons (Fsp3) is 0.400. The number of rotatable bonds is 4. The zero-order chi connectivity index (χ0) is 13.9. The van der Waals surface area contributed by atoms with Crippen LogP contribution in [0, 0.1) is 6.92 Å². The normalized spacial score (nSPS) is 13.5. The minimum absolute atomic E-state index is 1.13. The van der Waals surface area contributed by atoms with Crippen molar-refractivity contribution < 1.29 is 0 Å². The molecule has 104 valence electrons. The van der Waals surface area contributed by atoms with Gasteiger partial charge < -0.3 is 0 Å². The van der Waals surface area contributed by atoms with E-state index in [1.54, 1.807) is 16.7 Å². The third-order valence-electron chi connectivity index (χ3n) is 4.57. The van der Waals surface area contributed by atoms with Gasteiger partial charge in [-0.15, -0.1) is 0 Å². The second-order valence-corrected chi connectivity index (χ2v) is 6.09. The molecular weight excluding hydrogens is 240 g/mol. The summed E-state index contributed by atoms with van der Waals surface area (Å²) in [7, 11) is 0. The van der Waals surface area contributed by atoms with Gasteiger partial charge in [-0.3, -0.25) is 0 Å². The van der Waals surface area contributed by atoms with E-state index in [9.17, 15) is 0 Å². The van der Waals surface area contributed by atoms with Gasteiger partial charge in [-0.25, -0.2) is 0 Å². The summed E-state index contributed by atoms with van der Waals surface area (Å²) in [4.78, 5) is 0. The maximum absolute atomic E-state index is 2.41. The van der Waals surface area contributed by atoms with Crippen molar-refractivity contribution in [3.8, 4) is 0 Å². The number of hydrogen-bond donors (Lipinski definition) is 0. The summed E-state index contributed by atoms with van der Waals surface area (Å²) in [6, 6.07) is 13.9. The summed E-state index contributed by atoms with van der Waals surface area (Å²) in [6.45, 7) is 4.45. The molecule has 1 aliphatic carbocycles. The first kappa shape index (κ1) is 13.4. The highest BCUT2D eigenvalue weighted by molar-refractivity contribution is 5.42. The van der Waals surface area contributed by atoms with Crippen molar-refractivity contribution in [3.05, 3.63) is 69.8 Å². The van der Waals surface area contributed by atoms with E-state index in [0.29, 0.717) is 0 Å². The van der Waals surface area contributed by atoms with Crippen molar-refractivity contribution in [1.82, 2.24) is 0 Å². The predicted molar refractivity (Wildman–Crippen MR) is 86.4 cm³/mol. The molecule has 0 atom stereocenters. The number of benzene rings is 2. The lowest BCUT2D eigenvalue weighted by atomic mass is 9.95. The topological polar surface area (TPSA) is 0 Å². The van der Waals surface area contributed by atoms with Gasteiger partial charge in [0.25, 0.3) is 0 Å². The van der Waals surface area contributed by atoms with Crippen molar-refractivity contribution in [3.63, 3.8) is 0 Å². The fourth-order valence-electron chi connectivity index (χ4n) is 3.42. The molecule has 3 rings (SSSR count). The van der Waals surface area contributed by atoms with Crippen LogP contribution in [0.1, 0.15) is 46.7 Å². The van der Waals surface area contributed by atoms with Crippen LogP contribution in [-0.4, -0.2) is 0 Å². The van der Waals surface area contributed by atoms with Crippen molar-refractivity contribution >= 4 is 0 Å². The van der Waals surface area contributed by atoms with Gasteiger partial charge in [0.2, 0.25) is 0 Å². The third-order valence-corrected chi connectivity index (χ3v) is 4.57. The highest BCUT2D eigenvalue weighted by Gasteiger charge is 2.15. The highest BCUT2D eigenvalue weighted by Crippen LogP contribution is 2.27. The third kappa shape index (κ3) is 2.80. The van der Waals surface area contributed by atoms with E-state index in [1.165, 1.54) is 48.8 Å². The Hall–Kier alpha value is -1.56. The molecule has 0 N–H and O–H groups in total. The Bertz CT molecular complexity index is 590. The van der Waals surface area contributed by atoms with Gasteiger partial charge in [-0.2, -0.15) is 0 Å². The number of aryl methyl sites for hydroxylation is 5. The SMILES string of the molecule is CCc1ccc(CCc2cc(C)cc3c2CCC3)cc1. The Morgan fingerprint density at radius 2 is 1.65 bits per heavy atom. The lowest BCUT2D eigenvalue weighted by molar-refractivity contribution is 0.892. The van der Waals surface area contributed by atoms with Crippen molar-refractivity contribution in [2.75, 3.05) is 0 Å². The summed E-state index contributed by atoms with van der Waals surface area (Å²) in [6.07, 6.45) is 7.41. The second kappa shape index (κ2) is 5.83. The highest BCUT2D eigenvalue weighted by atomic mass is 14.2. The lowest BCUT2D eigenvalue weighted by Crippen LogP contribution is -1.98. The predicted octanol–water partition coefficient (Wildman–Crippen LogP) is 4.83. The van der Waals surface area contributed by atoms with E-state index in [1.807, 2.05) is 0 Å². The van der Waals surface area contributed by atoms with E-state index in [0.717, 1.165) is 6.42 Å². The van der Waals surface area contributed by atoms with Crippen LogP contribution in [0.25, 0.3) is 0 Å². The Balaban J connectivity index is 1.75. The van der Waals surface area contributed by atoms with Crippen LogP contribution in [0.3, 0.4) is 0 Å². The van der Waals surface area contributed by atoms with Crippen LogP contribution in [0.5, 0.6) is 0 Å². The Labute approximate surface area is 122 Å². The Kier molecular flexibility index (Phi) is 3.91. The average molecular weight is 264 g/mol. The summed E-state index contributed by atoms with van der Waals surface area (Å²) in [5.74, 6) is 0. The second-order valence-electron chi connectivity index (χ2n) is 6.09. The molecule has 0 amide bonds. The van der Waals surface area contributed by atoms with Gasteiger partial charge >= 0.3 is 0 Å². The molecule has 0 aromatic heterocycles. The van der Waals surface area contributed by atoms with E-state index >= 15 is 0 Å². The summed E-state index contributed by atoms with van der Waals surface area (Å²) < 4.78 is 0. The molecule has 2 aromatic rings. The zero-order valence-corrected chi connectivity index (χ0v) is 12.7. The fourth-order valence-corrected chi connectivity index (χ4v) is 3.42. The molecule has 0 radical (unpaired) electrons. The van der Waals surface area contributed by atoms with Crippen LogP contribution >= 0.6 is 0 Å². The molecule has 0 aliphatic heterocycles. The van der Waals surface area contributed by atoms with Gasteiger partial charge in [0.15, 0.2) is 0 Å². The monoisotopic (exact) mass is 264 g/mol. The molecule has 1 aliphatic rings. The molecule has 20 heavy (non-hydrogen) atoms. The van der Waals surface area contributed by atoms with Crippen molar-refractivity contribution in [2.24, 2.45) is 0 Å². The van der Waals surface area contributed by atoms with E-state index in [-0.39, 0.29) is 0 Å². The molecule has 0 saturated carbocycles. The Morgan fingerprint density at radius 1 is 0.900 bits per heavy atom. The summed E-state index contributed by atoms with van der Waals surface area (Å²) >= 11 is 0. The van der Waals surface area contributed by atoms with E-state index < -0.39 is 0 Å². The first-order chi connectivity index (χ1) is 9.76. The van der Waals surface area contributed by atoms with E-state index in [2.05, 4.69) is 50.2 Å². The quantitative estimate of drug-likeness (QED) is 0.742. The molecule has 0 bridgehead atoms. The molecule has 0 unspecified atom stereocenters. The molecule has 0 fully saturated rings. The largest absolute Gasteiger partial charge is 0.0613 e. The molecule has 0 nitrogen and oxygen atoms in total. The van der Waals surface area contributed by atoms with Gasteiger partial charge in [-0.1, -0.05) is 48.9 Å². The molecule has 0 heterocycles. The minimum atomic E-state index is 1.13. The van der Waals surface area contributed by atoms with Crippen LogP contribution in [0.4, 0.5) is 0 Å². The van der Waals surface area contributed by atoms with E-state index in [4.69, 9.17) is 0 Å². The van der Waals surface area contributed by atoms with Crippen molar-refractivity contribution in [2.45, 2.75) is 52.4 Å². The van der Waals surface area contributed by atoms with Crippen LogP contribution in [0.15, 0.2) is 36.4 Å². The molecule has 0 heteroatoms. The standard InChI is InChI=1S/C20H24/c1-3-16-7-9-17(10-8-16)11-12-19-14-15(2)13-18-5-4-6-20(18)19/h7-10,13-14H,3-6,11-12H2,1-2H3. The average Bonchev–Trinajstić information content (AvgIpc) is 2.93. The van der Waals surface area contributed by atoms with Crippen LogP contribution < -0.4 is 0 Å². The Morgan fingerprint density at radius 3 is 2.40 bits per heavy atom. The van der Waals surface area contributed by atoms with Crippen molar-refractivity contribution in [1.29, 1.82) is 0 Å². The first-order valence-electron chi connectivity index (χ1n) is 7.95. The lowest BCUT2D eigenvalue weighted by Gasteiger charge is -2.11. The maximum Gasteiger partial charge on any atom is -0.0235 e. The zero-order valence-electron chi connectivity index (χ0n) is 12.7.